The van der Waals surface area contributed by atoms with Gasteiger partial charge in [-0.2, -0.15) is 12.1 Å². The van der Waals surface area contributed by atoms with Crippen LogP contribution in [-0.4, -0.2) is 4.57 Å². The van der Waals surface area contributed by atoms with Crippen molar-refractivity contribution in [2.24, 2.45) is 7.05 Å². The van der Waals surface area contributed by atoms with Gasteiger partial charge in [0, 0.05) is 44.2 Å². The number of benzene rings is 1. The second-order valence-electron chi connectivity index (χ2n) is 3.35. The molecule has 1 aromatic carbocycles. The molecule has 0 aliphatic rings. The van der Waals surface area contributed by atoms with Gasteiger partial charge in [-0.05, 0) is 10.5 Å². The molecule has 5 heteroatoms. The zero-order valence-electron chi connectivity index (χ0n) is 9.08. The average molecular weight is 431 g/mol. The van der Waals surface area contributed by atoms with Crippen LogP contribution in [0.1, 0.15) is 0 Å². The maximum absolute atomic E-state index is 11.5. The summed E-state index contributed by atoms with van der Waals surface area (Å²) in [4.78, 5) is 11.5. The Balaban J connectivity index is 0.00000144. The van der Waals surface area contributed by atoms with Gasteiger partial charge < -0.3 is 4.57 Å². The first-order chi connectivity index (χ1) is 7.59. The number of hydrogen-bond acceptors (Lipinski definition) is 1. The fourth-order valence-corrected chi connectivity index (χ4v) is 2.69. The molecule has 0 N–H and O–H groups in total. The number of hydrogen-bond donors (Lipinski definition) is 0. The van der Waals surface area contributed by atoms with Gasteiger partial charge in [0.15, 0.2) is 5.56 Å². The molecule has 1 radical (unpaired) electrons. The van der Waals surface area contributed by atoms with Crippen LogP contribution in [0.5, 0.6) is 0 Å². The number of aromatic nitrogens is 1. The Bertz CT molecular complexity index is 595. The summed E-state index contributed by atoms with van der Waals surface area (Å²) in [7, 11) is 1.74. The Morgan fingerprint density at radius 1 is 1.24 bits per heavy atom. The predicted octanol–water partition coefficient (Wildman–Crippen LogP) is 3.37. The molecule has 0 bridgehead atoms. The molecule has 0 amide bonds. The van der Waals surface area contributed by atoms with E-state index in [1.54, 1.807) is 17.7 Å². The van der Waals surface area contributed by atoms with Crippen molar-refractivity contribution in [2.45, 2.75) is 0 Å². The monoisotopic (exact) mass is 429 g/mol. The second-order valence-corrected chi connectivity index (χ2v) is 5.12. The fourth-order valence-electron chi connectivity index (χ4n) is 1.45. The summed E-state index contributed by atoms with van der Waals surface area (Å²) >= 11 is 6.87. The molecule has 2 nitrogen and oxygen atoms in total. The molecular weight excluding hydrogens is 423 g/mol. The van der Waals surface area contributed by atoms with Crippen molar-refractivity contribution < 1.29 is 32.7 Å². The van der Waals surface area contributed by atoms with Crippen molar-refractivity contribution in [3.63, 3.8) is 0 Å². The minimum atomic E-state index is -0.0384. The summed E-state index contributed by atoms with van der Waals surface area (Å²) in [6.45, 7) is 0. The number of rotatable bonds is 1. The Hall–Kier alpha value is 0.234. The second kappa shape index (κ2) is 6.42. The van der Waals surface area contributed by atoms with Gasteiger partial charge in [-0.15, -0.1) is 6.07 Å². The van der Waals surface area contributed by atoms with Gasteiger partial charge in [0.2, 0.25) is 0 Å². The van der Waals surface area contributed by atoms with Crippen molar-refractivity contribution in [3.8, 4) is 11.3 Å². The molecule has 0 saturated heterocycles. The van der Waals surface area contributed by atoms with Crippen molar-refractivity contribution >= 4 is 31.9 Å². The van der Waals surface area contributed by atoms with Gasteiger partial charge in [-0.1, -0.05) is 55.3 Å². The minimum absolute atomic E-state index is 0. The molecule has 2 aromatic rings. The zero-order chi connectivity index (χ0) is 11.7. The summed E-state index contributed by atoms with van der Waals surface area (Å²) in [6.07, 6.45) is 0. The van der Waals surface area contributed by atoms with Crippen molar-refractivity contribution in [2.75, 3.05) is 0 Å². The zero-order valence-corrected chi connectivity index (χ0v) is 15.1. The largest absolute Gasteiger partial charge is 0.345 e. The van der Waals surface area contributed by atoms with Gasteiger partial charge in [0.25, 0.3) is 0 Å². The first kappa shape index (κ1) is 15.3. The third kappa shape index (κ3) is 3.37. The van der Waals surface area contributed by atoms with E-state index >= 15 is 0 Å². The molecule has 2 rings (SSSR count). The van der Waals surface area contributed by atoms with Crippen LogP contribution in [0, 0.1) is 6.07 Å². The van der Waals surface area contributed by atoms with Crippen LogP contribution in [0.4, 0.5) is 0 Å². The van der Waals surface area contributed by atoms with Gasteiger partial charge >= 0.3 is 0 Å². The van der Waals surface area contributed by atoms with Gasteiger partial charge in [0.05, 0.1) is 0 Å². The van der Waals surface area contributed by atoms with Crippen LogP contribution in [-0.2, 0) is 39.8 Å². The van der Waals surface area contributed by atoms with Gasteiger partial charge in [0.1, 0.15) is 0 Å². The van der Waals surface area contributed by atoms with Crippen LogP contribution >= 0.6 is 31.9 Å². The quantitative estimate of drug-likeness (QED) is 0.636. The standard InChI is InChI=1S/C12H8Br2NO.Y/c1-15-11(3-2-4-12(15)16)9-6-5-8(13)7-10(9)14;/h2,4-7H,1H3;/q-1;. The summed E-state index contributed by atoms with van der Waals surface area (Å²) in [5.74, 6) is 0. The van der Waals surface area contributed by atoms with E-state index in [4.69, 9.17) is 0 Å². The van der Waals surface area contributed by atoms with E-state index < -0.39 is 0 Å². The van der Waals surface area contributed by atoms with Gasteiger partial charge in [-0.3, -0.25) is 4.79 Å². The average Bonchev–Trinajstić information content (AvgIpc) is 2.23. The fraction of sp³-hybridized carbons (Fsp3) is 0.0833. The first-order valence-corrected chi connectivity index (χ1v) is 6.21. The summed E-state index contributed by atoms with van der Waals surface area (Å²) in [5, 5.41) is 0. The molecule has 0 aliphatic carbocycles. The van der Waals surface area contributed by atoms with Gasteiger partial charge in [-0.25, -0.2) is 0 Å². The molecule has 0 spiro atoms. The third-order valence-electron chi connectivity index (χ3n) is 2.30. The number of halogens is 2. The summed E-state index contributed by atoms with van der Waals surface area (Å²) in [5.41, 5.74) is 1.68. The van der Waals surface area contributed by atoms with E-state index in [0.717, 1.165) is 20.2 Å². The molecule has 0 saturated carbocycles. The Labute approximate surface area is 142 Å². The molecule has 0 aliphatic heterocycles. The SMILES string of the molecule is Cn1c(-c2ccc(Br)cc2Br)[c-]ccc1=O.[Y]. The summed E-state index contributed by atoms with van der Waals surface area (Å²) < 4.78 is 3.50. The van der Waals surface area contributed by atoms with E-state index in [1.807, 2.05) is 18.2 Å². The first-order valence-electron chi connectivity index (χ1n) is 4.63. The summed E-state index contributed by atoms with van der Waals surface area (Å²) in [6, 6.07) is 12.0. The predicted molar refractivity (Wildman–Crippen MR) is 71.4 cm³/mol. The maximum atomic E-state index is 11.5. The van der Waals surface area contributed by atoms with E-state index in [0.29, 0.717) is 0 Å². The van der Waals surface area contributed by atoms with Crippen LogP contribution < -0.4 is 5.56 Å². The molecule has 0 unspecified atom stereocenters. The van der Waals surface area contributed by atoms with Crippen molar-refractivity contribution in [3.05, 3.63) is 55.7 Å². The van der Waals surface area contributed by atoms with E-state index in [1.165, 1.54) is 6.07 Å². The van der Waals surface area contributed by atoms with E-state index in [9.17, 15) is 4.79 Å². The Kier molecular flexibility index (Phi) is 5.77. The Morgan fingerprint density at radius 3 is 2.59 bits per heavy atom. The molecule has 0 atom stereocenters. The van der Waals surface area contributed by atoms with E-state index in [-0.39, 0.29) is 38.3 Å². The van der Waals surface area contributed by atoms with Crippen LogP contribution in [0.15, 0.2) is 44.1 Å². The smallest absolute Gasteiger partial charge is 0.194 e. The van der Waals surface area contributed by atoms with Crippen molar-refractivity contribution in [1.82, 2.24) is 4.57 Å². The Morgan fingerprint density at radius 2 is 1.94 bits per heavy atom. The topological polar surface area (TPSA) is 22.0 Å². The normalized spacial score (nSPS) is 9.82. The molecule has 85 valence electrons. The van der Waals surface area contributed by atoms with Crippen LogP contribution in [0.2, 0.25) is 0 Å². The molecule has 1 heterocycles. The molecule has 17 heavy (non-hydrogen) atoms. The number of pyridine rings is 1. The third-order valence-corrected chi connectivity index (χ3v) is 3.45. The molecule has 0 fully saturated rings. The van der Waals surface area contributed by atoms with E-state index in [2.05, 4.69) is 37.9 Å². The maximum Gasteiger partial charge on any atom is 0.194 e. The molecular formula is C12H8Br2NOY-. The van der Waals surface area contributed by atoms with Crippen molar-refractivity contribution in [1.29, 1.82) is 0 Å². The number of nitrogens with zero attached hydrogens (tertiary/aromatic N) is 1. The van der Waals surface area contributed by atoms with Crippen LogP contribution in [0.3, 0.4) is 0 Å². The molecule has 1 aromatic heterocycles. The van der Waals surface area contributed by atoms with Crippen LogP contribution in [0.25, 0.3) is 11.3 Å². The minimum Gasteiger partial charge on any atom is -0.345 e.